The maximum Gasteiger partial charge on any atom is 0.305 e. The van der Waals surface area contributed by atoms with Gasteiger partial charge in [0.05, 0.1) is 19.8 Å². The molecule has 0 aromatic heterocycles. The third kappa shape index (κ3) is 4.97. The number of allylic oxidation sites excluding steroid dienone is 2. The van der Waals surface area contributed by atoms with Gasteiger partial charge in [0.1, 0.15) is 6.61 Å². The standard InChI is InChI=1S/C29H44O6/c1-18(6-9-26(32)33-5)24-17-25(31)27-22-8-7-20-16-21(35-15-14-34-19(2)30)10-12-28(20,3)23(22)11-13-29(24,27)4/h18,20-21,23-24H,6-17H2,1-5H3/t18-,20+,21+,23+,24-,28+,29-/m1/s1. The number of ketones is 1. The van der Waals surface area contributed by atoms with Gasteiger partial charge in [0.2, 0.25) is 0 Å². The molecule has 6 heteroatoms. The fourth-order valence-corrected chi connectivity index (χ4v) is 8.35. The minimum Gasteiger partial charge on any atom is -0.469 e. The molecule has 0 N–H and O–H groups in total. The number of Topliss-reactive ketones (excluding diaryl/α,β-unsaturated/α-hetero) is 1. The van der Waals surface area contributed by atoms with Crippen molar-refractivity contribution in [3.8, 4) is 0 Å². The summed E-state index contributed by atoms with van der Waals surface area (Å²) in [7, 11) is 1.44. The molecule has 0 aromatic carbocycles. The van der Waals surface area contributed by atoms with Crippen molar-refractivity contribution < 1.29 is 28.6 Å². The van der Waals surface area contributed by atoms with Crippen LogP contribution in [0.3, 0.4) is 0 Å². The molecule has 35 heavy (non-hydrogen) atoms. The summed E-state index contributed by atoms with van der Waals surface area (Å²) in [5.41, 5.74) is 2.81. The average molecular weight is 489 g/mol. The average Bonchev–Trinajstić information content (AvgIpc) is 3.10. The van der Waals surface area contributed by atoms with Crippen molar-refractivity contribution in [2.75, 3.05) is 20.3 Å². The molecule has 0 radical (unpaired) electrons. The predicted octanol–water partition coefficient (Wildman–Crippen LogP) is 5.43. The van der Waals surface area contributed by atoms with E-state index in [0.717, 1.165) is 51.4 Å². The van der Waals surface area contributed by atoms with Crippen LogP contribution >= 0.6 is 0 Å². The minimum atomic E-state index is -0.261. The van der Waals surface area contributed by atoms with Crippen LogP contribution in [0.2, 0.25) is 0 Å². The molecule has 4 aliphatic carbocycles. The summed E-state index contributed by atoms with van der Waals surface area (Å²) in [6.07, 6.45) is 9.69. The molecule has 4 rings (SSSR count). The van der Waals surface area contributed by atoms with Gasteiger partial charge in [-0.3, -0.25) is 14.4 Å². The number of esters is 2. The molecule has 3 fully saturated rings. The molecule has 0 heterocycles. The van der Waals surface area contributed by atoms with Gasteiger partial charge < -0.3 is 14.2 Å². The van der Waals surface area contributed by atoms with E-state index < -0.39 is 0 Å². The van der Waals surface area contributed by atoms with E-state index in [-0.39, 0.29) is 28.9 Å². The van der Waals surface area contributed by atoms with Crippen LogP contribution in [0, 0.1) is 34.5 Å². The number of fused-ring (bicyclic) bond motifs is 4. The quantitative estimate of drug-likeness (QED) is 0.335. The number of ether oxygens (including phenoxy) is 3. The highest BCUT2D eigenvalue weighted by molar-refractivity contribution is 6.00. The summed E-state index contributed by atoms with van der Waals surface area (Å²) in [5.74, 6) is 1.69. The maximum atomic E-state index is 13.5. The lowest BCUT2D eigenvalue weighted by molar-refractivity contribution is -0.144. The molecule has 0 bridgehead atoms. The van der Waals surface area contributed by atoms with Crippen molar-refractivity contribution in [2.24, 2.45) is 34.5 Å². The zero-order valence-corrected chi connectivity index (χ0v) is 22.3. The lowest BCUT2D eigenvalue weighted by atomic mass is 9.48. The van der Waals surface area contributed by atoms with E-state index in [9.17, 15) is 14.4 Å². The van der Waals surface area contributed by atoms with E-state index in [0.29, 0.717) is 55.5 Å². The molecule has 0 aromatic rings. The summed E-state index contributed by atoms with van der Waals surface area (Å²) >= 11 is 0. The van der Waals surface area contributed by atoms with Crippen molar-refractivity contribution in [3.05, 3.63) is 11.1 Å². The molecular formula is C29H44O6. The molecule has 0 spiro atoms. The van der Waals surface area contributed by atoms with Gasteiger partial charge in [0, 0.05) is 25.3 Å². The zero-order chi connectivity index (χ0) is 25.4. The first-order valence-electron chi connectivity index (χ1n) is 13.7. The highest BCUT2D eigenvalue weighted by Crippen LogP contribution is 2.65. The van der Waals surface area contributed by atoms with Crippen LogP contribution < -0.4 is 0 Å². The van der Waals surface area contributed by atoms with Crippen molar-refractivity contribution in [1.82, 2.24) is 0 Å². The molecular weight excluding hydrogens is 444 g/mol. The molecule has 6 nitrogen and oxygen atoms in total. The van der Waals surface area contributed by atoms with Crippen LogP contribution in [0.4, 0.5) is 0 Å². The Labute approximate surface area is 210 Å². The Morgan fingerprint density at radius 2 is 1.89 bits per heavy atom. The highest BCUT2D eigenvalue weighted by atomic mass is 16.6. The summed E-state index contributed by atoms with van der Waals surface area (Å²) in [4.78, 5) is 36.2. The molecule has 0 amide bonds. The van der Waals surface area contributed by atoms with E-state index in [1.807, 2.05) is 0 Å². The lowest BCUT2D eigenvalue weighted by Crippen LogP contribution is -2.49. The molecule has 3 saturated carbocycles. The van der Waals surface area contributed by atoms with Crippen LogP contribution in [0.15, 0.2) is 11.1 Å². The Kier molecular flexibility index (Phi) is 7.80. The number of rotatable bonds is 8. The van der Waals surface area contributed by atoms with Gasteiger partial charge >= 0.3 is 11.9 Å². The van der Waals surface area contributed by atoms with Gasteiger partial charge in [-0.1, -0.05) is 26.3 Å². The Balaban J connectivity index is 1.47. The van der Waals surface area contributed by atoms with E-state index in [1.165, 1.54) is 25.2 Å². The largest absolute Gasteiger partial charge is 0.469 e. The molecule has 196 valence electrons. The molecule has 0 aliphatic heterocycles. The Morgan fingerprint density at radius 1 is 1.11 bits per heavy atom. The van der Waals surface area contributed by atoms with Gasteiger partial charge in [0.15, 0.2) is 5.78 Å². The first kappa shape index (κ1) is 26.4. The second-order valence-electron chi connectivity index (χ2n) is 12.1. The van der Waals surface area contributed by atoms with Crippen LogP contribution in [0.5, 0.6) is 0 Å². The molecule has 0 saturated heterocycles. The fourth-order valence-electron chi connectivity index (χ4n) is 8.35. The van der Waals surface area contributed by atoms with Crippen LogP contribution in [0.1, 0.15) is 91.9 Å². The Bertz CT molecular complexity index is 876. The fraction of sp³-hybridized carbons (Fsp3) is 0.828. The van der Waals surface area contributed by atoms with Gasteiger partial charge in [-0.2, -0.15) is 0 Å². The van der Waals surface area contributed by atoms with Crippen molar-refractivity contribution in [2.45, 2.75) is 98.0 Å². The zero-order valence-electron chi connectivity index (χ0n) is 22.3. The maximum absolute atomic E-state index is 13.5. The van der Waals surface area contributed by atoms with Crippen molar-refractivity contribution in [3.63, 3.8) is 0 Å². The van der Waals surface area contributed by atoms with E-state index in [4.69, 9.17) is 14.2 Å². The third-order valence-electron chi connectivity index (χ3n) is 10.3. The van der Waals surface area contributed by atoms with E-state index >= 15 is 0 Å². The molecule has 4 aliphatic rings. The molecule has 7 atom stereocenters. The van der Waals surface area contributed by atoms with Crippen molar-refractivity contribution in [1.29, 1.82) is 0 Å². The molecule has 0 unspecified atom stereocenters. The summed E-state index contributed by atoms with van der Waals surface area (Å²) in [5, 5.41) is 0. The topological polar surface area (TPSA) is 78.9 Å². The predicted molar refractivity (Wildman–Crippen MR) is 132 cm³/mol. The number of methoxy groups -OCH3 is 1. The normalized spacial score (nSPS) is 37.2. The summed E-state index contributed by atoms with van der Waals surface area (Å²) in [6, 6.07) is 0. The van der Waals surface area contributed by atoms with Crippen LogP contribution in [-0.4, -0.2) is 44.1 Å². The Hall–Kier alpha value is -1.69. The van der Waals surface area contributed by atoms with Gasteiger partial charge in [-0.05, 0) is 85.9 Å². The highest BCUT2D eigenvalue weighted by Gasteiger charge is 2.58. The number of carbonyl (C=O) groups is 3. The second kappa shape index (κ2) is 10.4. The van der Waals surface area contributed by atoms with Gasteiger partial charge in [-0.15, -0.1) is 0 Å². The first-order chi connectivity index (χ1) is 16.6. The van der Waals surface area contributed by atoms with Crippen LogP contribution in [-0.2, 0) is 28.6 Å². The SMILES string of the molecule is COC(=O)CC[C@@H](C)[C@H]1CC(=O)C2=C3CC[C@H]4C[C@@H](OCCOC(C)=O)CC[C@]4(C)[C@H]3CC[C@@]21C. The third-order valence-corrected chi connectivity index (χ3v) is 10.3. The van der Waals surface area contributed by atoms with Crippen molar-refractivity contribution >= 4 is 17.7 Å². The minimum absolute atomic E-state index is 0.0569. The van der Waals surface area contributed by atoms with E-state index in [2.05, 4.69) is 20.8 Å². The summed E-state index contributed by atoms with van der Waals surface area (Å²) in [6.45, 7) is 9.23. The van der Waals surface area contributed by atoms with Crippen LogP contribution in [0.25, 0.3) is 0 Å². The monoisotopic (exact) mass is 488 g/mol. The number of carbonyl (C=O) groups excluding carboxylic acids is 3. The number of hydrogen-bond donors (Lipinski definition) is 0. The summed E-state index contributed by atoms with van der Waals surface area (Å²) < 4.78 is 15.9. The first-order valence-corrected chi connectivity index (χ1v) is 13.7. The smallest absolute Gasteiger partial charge is 0.305 e. The van der Waals surface area contributed by atoms with Gasteiger partial charge in [0.25, 0.3) is 0 Å². The van der Waals surface area contributed by atoms with Gasteiger partial charge in [-0.25, -0.2) is 0 Å². The lowest BCUT2D eigenvalue weighted by Gasteiger charge is -2.56. The van der Waals surface area contributed by atoms with E-state index in [1.54, 1.807) is 0 Å². The number of hydrogen-bond acceptors (Lipinski definition) is 6. The second-order valence-corrected chi connectivity index (χ2v) is 12.1. The Morgan fingerprint density at radius 3 is 2.60 bits per heavy atom.